The number of piperazine rings is 1. The molecule has 2 aliphatic rings. The fourth-order valence-electron chi connectivity index (χ4n) is 3.67. The first-order valence-electron chi connectivity index (χ1n) is 10.2. The second kappa shape index (κ2) is 8.51. The van der Waals surface area contributed by atoms with Crippen molar-refractivity contribution in [3.8, 4) is 0 Å². The average molecular weight is 392 g/mol. The number of carbonyl (C=O) groups excluding carboxylic acids is 2. The van der Waals surface area contributed by atoms with E-state index in [2.05, 4.69) is 27.3 Å². The highest BCUT2D eigenvalue weighted by molar-refractivity contribution is 5.86. The van der Waals surface area contributed by atoms with Gasteiger partial charge in [-0.15, -0.1) is 0 Å². The molecule has 1 aromatic heterocycles. The van der Waals surface area contributed by atoms with Crippen molar-refractivity contribution in [2.45, 2.75) is 64.6 Å². The maximum Gasteiger partial charge on any atom is 0.408 e. The molecule has 8 nitrogen and oxygen atoms in total. The number of amides is 2. The van der Waals surface area contributed by atoms with Gasteiger partial charge < -0.3 is 15.0 Å². The first-order valence-corrected chi connectivity index (χ1v) is 10.2. The molecule has 2 amide bonds. The fourth-order valence-corrected chi connectivity index (χ4v) is 3.67. The lowest BCUT2D eigenvalue weighted by Gasteiger charge is -2.41. The lowest BCUT2D eigenvalue weighted by Crippen LogP contribution is -2.59. The Kier molecular flexibility index (Phi) is 6.27. The summed E-state index contributed by atoms with van der Waals surface area (Å²) in [5.74, 6) is 0.780. The van der Waals surface area contributed by atoms with E-state index >= 15 is 0 Å². The lowest BCUT2D eigenvalue weighted by atomic mass is 10.1. The molecule has 0 bridgehead atoms. The highest BCUT2D eigenvalue weighted by Gasteiger charge is 2.35. The molecular formula is C20H33N5O3. The van der Waals surface area contributed by atoms with Crippen molar-refractivity contribution in [3.63, 3.8) is 0 Å². The molecule has 0 aromatic carbocycles. The zero-order valence-corrected chi connectivity index (χ0v) is 17.4. The topological polar surface area (TPSA) is 90.6 Å². The first kappa shape index (κ1) is 20.6. The van der Waals surface area contributed by atoms with Crippen LogP contribution in [0.4, 0.5) is 4.79 Å². The first-order chi connectivity index (χ1) is 13.2. The minimum absolute atomic E-state index is 0.0642. The molecule has 2 atom stereocenters. The summed E-state index contributed by atoms with van der Waals surface area (Å²) < 4.78 is 5.37. The van der Waals surface area contributed by atoms with E-state index in [1.165, 1.54) is 12.8 Å². The lowest BCUT2D eigenvalue weighted by molar-refractivity contribution is -0.138. The predicted octanol–water partition coefficient (Wildman–Crippen LogP) is 1.79. The van der Waals surface area contributed by atoms with Gasteiger partial charge in [-0.05, 0) is 52.0 Å². The van der Waals surface area contributed by atoms with Crippen molar-refractivity contribution in [2.75, 3.05) is 26.2 Å². The zero-order valence-electron chi connectivity index (χ0n) is 17.4. The molecule has 1 aliphatic carbocycles. The molecular weight excluding hydrogens is 358 g/mol. The third-order valence-corrected chi connectivity index (χ3v) is 5.19. The van der Waals surface area contributed by atoms with Crippen molar-refractivity contribution < 1.29 is 14.3 Å². The van der Waals surface area contributed by atoms with Crippen LogP contribution in [0.15, 0.2) is 12.4 Å². The van der Waals surface area contributed by atoms with Gasteiger partial charge in [0.15, 0.2) is 0 Å². The Labute approximate surface area is 167 Å². The van der Waals surface area contributed by atoms with E-state index in [4.69, 9.17) is 4.74 Å². The van der Waals surface area contributed by atoms with Crippen LogP contribution >= 0.6 is 0 Å². The number of hydrogen-bond acceptors (Lipinski definition) is 5. The third kappa shape index (κ3) is 5.95. The molecule has 8 heteroatoms. The van der Waals surface area contributed by atoms with E-state index in [1.807, 2.05) is 4.90 Å². The third-order valence-electron chi connectivity index (χ3n) is 5.19. The second-order valence-corrected chi connectivity index (χ2v) is 9.09. The summed E-state index contributed by atoms with van der Waals surface area (Å²) in [6.45, 7) is 11.1. The largest absolute Gasteiger partial charge is 0.444 e. The second-order valence-electron chi connectivity index (χ2n) is 9.09. The van der Waals surface area contributed by atoms with Gasteiger partial charge in [0.1, 0.15) is 11.6 Å². The Morgan fingerprint density at radius 1 is 1.36 bits per heavy atom. The molecule has 156 valence electrons. The van der Waals surface area contributed by atoms with Gasteiger partial charge in [-0.3, -0.25) is 14.8 Å². The quantitative estimate of drug-likeness (QED) is 0.772. The molecule has 28 heavy (non-hydrogen) atoms. The van der Waals surface area contributed by atoms with Gasteiger partial charge in [-0.2, -0.15) is 5.10 Å². The number of aromatic nitrogens is 2. The van der Waals surface area contributed by atoms with Gasteiger partial charge in [0, 0.05) is 44.8 Å². The normalized spacial score (nSPS) is 22.0. The van der Waals surface area contributed by atoms with Crippen LogP contribution in [0.2, 0.25) is 0 Å². The molecule has 2 unspecified atom stereocenters. The van der Waals surface area contributed by atoms with E-state index in [1.54, 1.807) is 33.2 Å². The van der Waals surface area contributed by atoms with Gasteiger partial charge in [0.05, 0.1) is 6.20 Å². The van der Waals surface area contributed by atoms with Crippen LogP contribution in [0.3, 0.4) is 0 Å². The van der Waals surface area contributed by atoms with Gasteiger partial charge in [-0.1, -0.05) is 0 Å². The van der Waals surface area contributed by atoms with E-state index in [0.29, 0.717) is 13.0 Å². The van der Waals surface area contributed by atoms with Crippen LogP contribution in [0.5, 0.6) is 0 Å². The van der Waals surface area contributed by atoms with E-state index < -0.39 is 17.7 Å². The molecule has 1 saturated heterocycles. The van der Waals surface area contributed by atoms with E-state index in [9.17, 15) is 9.59 Å². The monoisotopic (exact) mass is 391 g/mol. The van der Waals surface area contributed by atoms with Crippen LogP contribution in [-0.4, -0.2) is 75.9 Å². The summed E-state index contributed by atoms with van der Waals surface area (Å²) in [6.07, 6.45) is 5.89. The van der Waals surface area contributed by atoms with Crippen LogP contribution in [-0.2, 0) is 16.0 Å². The van der Waals surface area contributed by atoms with Gasteiger partial charge in [0.25, 0.3) is 0 Å². The highest BCUT2D eigenvalue weighted by atomic mass is 16.6. The number of ether oxygens (including phenoxy) is 1. The van der Waals surface area contributed by atoms with Crippen LogP contribution in [0.1, 0.15) is 46.1 Å². The number of rotatable bonds is 6. The van der Waals surface area contributed by atoms with Gasteiger partial charge in [0.2, 0.25) is 5.91 Å². The predicted molar refractivity (Wildman–Crippen MR) is 106 cm³/mol. The Morgan fingerprint density at radius 2 is 2.11 bits per heavy atom. The molecule has 0 spiro atoms. The number of nitrogens with zero attached hydrogens (tertiary/aromatic N) is 3. The van der Waals surface area contributed by atoms with Crippen molar-refractivity contribution in [2.24, 2.45) is 5.92 Å². The molecule has 1 aromatic rings. The van der Waals surface area contributed by atoms with E-state index in [-0.39, 0.29) is 11.9 Å². The number of nitrogens with one attached hydrogen (secondary N) is 2. The number of alkyl carbamates (subject to hydrolysis) is 1. The smallest absolute Gasteiger partial charge is 0.408 e. The Morgan fingerprint density at radius 3 is 2.68 bits per heavy atom. The van der Waals surface area contributed by atoms with Crippen molar-refractivity contribution in [1.82, 2.24) is 25.3 Å². The standard InChI is InChI=1S/C20H33N5O3/c1-14-12-24(13-15-5-6-15)7-8-25(14)18(26)17(9-16-10-21-22-11-16)23-19(27)28-20(2,3)4/h10-11,14-15,17H,5-9,12-13H2,1-4H3,(H,21,22)(H,23,27). The summed E-state index contributed by atoms with van der Waals surface area (Å²) in [5.41, 5.74) is 0.254. The molecule has 2 fully saturated rings. The SMILES string of the molecule is CC1CN(CC2CC2)CCN1C(=O)C(Cc1cn[nH]c1)NC(=O)OC(C)(C)C. The Hall–Kier alpha value is -2.09. The van der Waals surface area contributed by atoms with Crippen LogP contribution in [0, 0.1) is 5.92 Å². The molecule has 3 rings (SSSR count). The van der Waals surface area contributed by atoms with Crippen LogP contribution in [0.25, 0.3) is 0 Å². The summed E-state index contributed by atoms with van der Waals surface area (Å²) in [6, 6.07) is -0.558. The van der Waals surface area contributed by atoms with Crippen LogP contribution < -0.4 is 5.32 Å². The number of aromatic amines is 1. The number of carbonyl (C=O) groups is 2. The molecule has 1 aliphatic heterocycles. The van der Waals surface area contributed by atoms with Crippen molar-refractivity contribution >= 4 is 12.0 Å². The Bertz CT molecular complexity index is 666. The highest BCUT2D eigenvalue weighted by Crippen LogP contribution is 2.30. The summed E-state index contributed by atoms with van der Waals surface area (Å²) >= 11 is 0. The minimum atomic E-state index is -0.676. The van der Waals surface area contributed by atoms with Crippen molar-refractivity contribution in [1.29, 1.82) is 0 Å². The Balaban J connectivity index is 1.64. The maximum atomic E-state index is 13.3. The maximum absolute atomic E-state index is 13.3. The van der Waals surface area contributed by atoms with Gasteiger partial charge >= 0.3 is 6.09 Å². The zero-order chi connectivity index (χ0) is 20.3. The fraction of sp³-hybridized carbons (Fsp3) is 0.750. The summed E-state index contributed by atoms with van der Waals surface area (Å²) in [4.78, 5) is 29.9. The summed E-state index contributed by atoms with van der Waals surface area (Å²) in [7, 11) is 0. The molecule has 2 N–H and O–H groups in total. The van der Waals surface area contributed by atoms with Crippen molar-refractivity contribution in [3.05, 3.63) is 18.0 Å². The summed E-state index contributed by atoms with van der Waals surface area (Å²) in [5, 5.41) is 9.48. The molecule has 2 heterocycles. The number of H-pyrrole nitrogens is 1. The minimum Gasteiger partial charge on any atom is -0.444 e. The molecule has 0 radical (unpaired) electrons. The number of hydrogen-bond donors (Lipinski definition) is 2. The van der Waals surface area contributed by atoms with E-state index in [0.717, 1.165) is 31.1 Å². The molecule has 1 saturated carbocycles. The average Bonchev–Trinajstić information content (AvgIpc) is 3.24. The van der Waals surface area contributed by atoms with Gasteiger partial charge in [-0.25, -0.2) is 4.79 Å².